The normalized spacial score (nSPS) is 30.4. The summed E-state index contributed by atoms with van der Waals surface area (Å²) < 4.78 is 21.5. The SMILES string of the molecule is CNP1(=O)N=P(NC)(NC)N=P(NC)(NC)N1. The fourth-order valence-electron chi connectivity index (χ4n) is 1.32. The quantitative estimate of drug-likeness (QED) is 0.414. The lowest BCUT2D eigenvalue weighted by Crippen LogP contribution is -2.32. The first-order valence-corrected chi connectivity index (χ1v) is 10.1. The fourth-order valence-corrected chi connectivity index (χ4v) is 11.6. The first kappa shape index (κ1) is 15.5. The van der Waals surface area contributed by atoms with Crippen LogP contribution in [-0.2, 0) is 4.57 Å². The molecule has 0 saturated carbocycles. The van der Waals surface area contributed by atoms with Crippen molar-refractivity contribution in [3.63, 3.8) is 0 Å². The summed E-state index contributed by atoms with van der Waals surface area (Å²) in [5.41, 5.74) is 0. The summed E-state index contributed by atoms with van der Waals surface area (Å²) >= 11 is 0. The molecular weight excluding hydrogens is 281 g/mol. The number of rotatable bonds is 5. The van der Waals surface area contributed by atoms with Gasteiger partial charge in [-0.2, -0.15) is 13.9 Å². The molecule has 0 aromatic heterocycles. The van der Waals surface area contributed by atoms with Gasteiger partial charge in [0.05, 0.1) is 0 Å². The molecule has 1 aliphatic heterocycles. The van der Waals surface area contributed by atoms with Gasteiger partial charge in [0.1, 0.15) is 0 Å². The van der Waals surface area contributed by atoms with Crippen LogP contribution in [0.3, 0.4) is 0 Å². The van der Waals surface area contributed by atoms with Crippen molar-refractivity contribution < 1.29 is 4.57 Å². The molecule has 1 heterocycles. The molecule has 1 aliphatic rings. The van der Waals surface area contributed by atoms with Crippen LogP contribution < -0.4 is 30.3 Å². The summed E-state index contributed by atoms with van der Waals surface area (Å²) in [7, 11) is 1.01. The van der Waals surface area contributed by atoms with E-state index in [0.29, 0.717) is 0 Å². The van der Waals surface area contributed by atoms with Gasteiger partial charge < -0.3 is 0 Å². The monoisotopic (exact) mass is 302 g/mol. The van der Waals surface area contributed by atoms with Crippen molar-refractivity contribution in [2.24, 2.45) is 9.03 Å². The van der Waals surface area contributed by atoms with Crippen LogP contribution in [0.1, 0.15) is 0 Å². The molecule has 1 unspecified atom stereocenters. The topological polar surface area (TPSA) is 114 Å². The van der Waals surface area contributed by atoms with Gasteiger partial charge in [-0.05, 0) is 35.2 Å². The standard InChI is InChI=1S/C5H21N8OP3/c1-6-15(7-2)11-16(8-3,9-4)13-17(14,10-5)12-15/h6-9H,1-5H3,(H2,10,12,14). The highest BCUT2D eigenvalue weighted by atomic mass is 31.3. The molecule has 0 amide bonds. The Labute approximate surface area is 102 Å². The van der Waals surface area contributed by atoms with Crippen LogP contribution in [0, 0.1) is 0 Å². The van der Waals surface area contributed by atoms with Crippen molar-refractivity contribution in [3.05, 3.63) is 0 Å². The Morgan fingerprint density at radius 2 is 1.35 bits per heavy atom. The number of hydrogen-bond acceptors (Lipinski definition) is 6. The third kappa shape index (κ3) is 3.07. The fraction of sp³-hybridized carbons (Fsp3) is 1.00. The molecule has 0 spiro atoms. The first-order valence-electron chi connectivity index (χ1n) is 5.05. The zero-order valence-electron chi connectivity index (χ0n) is 10.6. The second-order valence-electron chi connectivity index (χ2n) is 3.21. The van der Waals surface area contributed by atoms with Gasteiger partial charge in [-0.25, -0.2) is 5.09 Å². The Morgan fingerprint density at radius 1 is 0.824 bits per heavy atom. The number of hydrogen-bond donors (Lipinski definition) is 6. The molecule has 17 heavy (non-hydrogen) atoms. The smallest absolute Gasteiger partial charge is 0.262 e. The summed E-state index contributed by atoms with van der Waals surface area (Å²) in [6, 6.07) is 0. The van der Waals surface area contributed by atoms with Crippen molar-refractivity contribution in [3.8, 4) is 0 Å². The zero-order chi connectivity index (χ0) is 13.2. The van der Waals surface area contributed by atoms with E-state index in [4.69, 9.17) is 0 Å². The average molecular weight is 302 g/mol. The average Bonchev–Trinajstić information content (AvgIpc) is 2.37. The Bertz CT molecular complexity index is 417. The number of nitrogens with one attached hydrogen (secondary N) is 6. The van der Waals surface area contributed by atoms with Gasteiger partial charge in [-0.15, -0.1) is 0 Å². The molecule has 12 heteroatoms. The molecule has 0 bridgehead atoms. The minimum atomic E-state index is -3.02. The molecule has 9 nitrogen and oxygen atoms in total. The van der Waals surface area contributed by atoms with Gasteiger partial charge in [0.15, 0.2) is 7.51 Å². The Balaban J connectivity index is 3.45. The lowest BCUT2D eigenvalue weighted by Gasteiger charge is -2.35. The summed E-state index contributed by atoms with van der Waals surface area (Å²) in [6.07, 6.45) is 0. The van der Waals surface area contributed by atoms with E-state index in [1.165, 1.54) is 0 Å². The van der Waals surface area contributed by atoms with E-state index in [1.54, 1.807) is 35.2 Å². The van der Waals surface area contributed by atoms with Crippen LogP contribution in [0.2, 0.25) is 0 Å². The van der Waals surface area contributed by atoms with E-state index in [2.05, 4.69) is 39.3 Å². The molecule has 0 aromatic rings. The Kier molecular flexibility index (Phi) is 5.12. The summed E-state index contributed by atoms with van der Waals surface area (Å²) in [5.74, 6) is 0. The summed E-state index contributed by atoms with van der Waals surface area (Å²) in [6.45, 7) is 0. The maximum atomic E-state index is 12.5. The number of nitrogens with zero attached hydrogens (tertiary/aromatic N) is 2. The molecule has 1 rings (SSSR count). The largest absolute Gasteiger partial charge is 0.332 e. The molecule has 102 valence electrons. The van der Waals surface area contributed by atoms with Crippen molar-refractivity contribution in [1.29, 1.82) is 0 Å². The van der Waals surface area contributed by atoms with Gasteiger partial charge in [0.25, 0.3) is 0 Å². The molecule has 0 radical (unpaired) electrons. The minimum absolute atomic E-state index is 1.61. The molecular formula is C5H21N8OP3. The summed E-state index contributed by atoms with van der Waals surface area (Å²) in [5, 5.41) is 15.0. The highest BCUT2D eigenvalue weighted by molar-refractivity contribution is 7.85. The van der Waals surface area contributed by atoms with Crippen LogP contribution in [0.25, 0.3) is 0 Å². The van der Waals surface area contributed by atoms with E-state index in [0.717, 1.165) is 0 Å². The molecule has 0 saturated heterocycles. The first-order chi connectivity index (χ1) is 7.92. The second kappa shape index (κ2) is 5.61. The third-order valence-electron chi connectivity index (χ3n) is 2.37. The Hall–Kier alpha value is 0.450. The minimum Gasteiger partial charge on any atom is -0.262 e. The third-order valence-corrected chi connectivity index (χ3v) is 11.9. The highest BCUT2D eigenvalue weighted by Gasteiger charge is 2.37. The van der Waals surface area contributed by atoms with Crippen LogP contribution in [0.5, 0.6) is 0 Å². The van der Waals surface area contributed by atoms with Crippen molar-refractivity contribution >= 4 is 22.6 Å². The van der Waals surface area contributed by atoms with Crippen LogP contribution in [0.4, 0.5) is 0 Å². The van der Waals surface area contributed by atoms with Crippen LogP contribution in [0.15, 0.2) is 9.03 Å². The molecule has 0 aliphatic carbocycles. The van der Waals surface area contributed by atoms with E-state index in [1.807, 2.05) is 0 Å². The van der Waals surface area contributed by atoms with Gasteiger partial charge in [-0.3, -0.25) is 24.9 Å². The lowest BCUT2D eigenvalue weighted by atomic mass is 11.6. The van der Waals surface area contributed by atoms with E-state index in [9.17, 15) is 4.57 Å². The maximum absolute atomic E-state index is 12.5. The molecule has 6 N–H and O–H groups in total. The van der Waals surface area contributed by atoms with Crippen LogP contribution in [-0.4, -0.2) is 35.2 Å². The van der Waals surface area contributed by atoms with Crippen molar-refractivity contribution in [2.45, 2.75) is 0 Å². The van der Waals surface area contributed by atoms with Crippen LogP contribution >= 0.6 is 22.6 Å². The Morgan fingerprint density at radius 3 is 1.71 bits per heavy atom. The predicted octanol–water partition coefficient (Wildman–Crippen LogP) is 0.687. The highest BCUT2D eigenvalue weighted by Crippen LogP contribution is 2.66. The molecule has 1 atom stereocenters. The van der Waals surface area contributed by atoms with Crippen molar-refractivity contribution in [2.75, 3.05) is 35.2 Å². The van der Waals surface area contributed by atoms with Gasteiger partial charge in [0.2, 0.25) is 7.51 Å². The van der Waals surface area contributed by atoms with E-state index < -0.39 is 22.6 Å². The van der Waals surface area contributed by atoms with Gasteiger partial charge in [0, 0.05) is 0 Å². The maximum Gasteiger partial charge on any atom is 0.332 e. The van der Waals surface area contributed by atoms with Crippen molar-refractivity contribution in [1.82, 2.24) is 30.3 Å². The van der Waals surface area contributed by atoms with E-state index >= 15 is 0 Å². The summed E-state index contributed by atoms with van der Waals surface area (Å²) in [4.78, 5) is 2.96. The van der Waals surface area contributed by atoms with Gasteiger partial charge in [-0.1, -0.05) is 0 Å². The predicted molar refractivity (Wildman–Crippen MR) is 74.7 cm³/mol. The zero-order valence-corrected chi connectivity index (χ0v) is 13.3. The van der Waals surface area contributed by atoms with Gasteiger partial charge >= 0.3 is 7.59 Å². The second-order valence-corrected chi connectivity index (χ2v) is 11.3. The molecule has 0 fully saturated rings. The lowest BCUT2D eigenvalue weighted by molar-refractivity contribution is 0.567. The molecule has 0 aromatic carbocycles. The van der Waals surface area contributed by atoms with E-state index in [-0.39, 0.29) is 0 Å².